The molecule has 158 valence electrons. The minimum absolute atomic E-state index is 0.0943. The van der Waals surface area contributed by atoms with Crippen molar-refractivity contribution in [3.05, 3.63) is 65.7 Å². The Kier molecular flexibility index (Phi) is 6.33. The summed E-state index contributed by atoms with van der Waals surface area (Å²) >= 11 is 0. The zero-order chi connectivity index (χ0) is 20.8. The fourth-order valence-electron chi connectivity index (χ4n) is 4.33. The molecular weight excluding hydrogens is 378 g/mol. The zero-order valence-electron chi connectivity index (χ0n) is 17.2. The molecule has 4 rings (SSSR count). The average Bonchev–Trinajstić information content (AvgIpc) is 3.19. The van der Waals surface area contributed by atoms with E-state index in [1.54, 1.807) is 0 Å². The van der Waals surface area contributed by atoms with Crippen molar-refractivity contribution in [1.29, 1.82) is 0 Å². The molecule has 6 heteroatoms. The number of benzene rings is 2. The number of nitrogens with zero attached hydrogens (tertiary/aromatic N) is 1. The number of anilines is 1. The number of nitrogens with one attached hydrogen (secondary N) is 2. The molecule has 2 saturated heterocycles. The molecule has 30 heavy (non-hydrogen) atoms. The topological polar surface area (TPSA) is 70.7 Å². The van der Waals surface area contributed by atoms with Gasteiger partial charge in [0.25, 0.3) is 0 Å². The molecule has 6 nitrogen and oxygen atoms in total. The molecular formula is C24H29N3O3. The van der Waals surface area contributed by atoms with E-state index in [0.29, 0.717) is 32.7 Å². The third-order valence-corrected chi connectivity index (χ3v) is 6.18. The first-order valence-electron chi connectivity index (χ1n) is 10.7. The van der Waals surface area contributed by atoms with Crippen LogP contribution in [0.3, 0.4) is 0 Å². The molecule has 2 N–H and O–H groups in total. The van der Waals surface area contributed by atoms with Gasteiger partial charge in [0.05, 0.1) is 0 Å². The second-order valence-corrected chi connectivity index (χ2v) is 8.18. The van der Waals surface area contributed by atoms with Crippen molar-refractivity contribution in [3.63, 3.8) is 0 Å². The molecule has 0 atom stereocenters. The molecule has 0 bridgehead atoms. The quantitative estimate of drug-likeness (QED) is 0.767. The Hall–Kier alpha value is -2.86. The fourth-order valence-corrected chi connectivity index (χ4v) is 4.33. The molecule has 0 spiro atoms. The minimum Gasteiger partial charge on any atom is -0.381 e. The van der Waals surface area contributed by atoms with Crippen LogP contribution in [0.25, 0.3) is 0 Å². The van der Waals surface area contributed by atoms with Crippen LogP contribution in [0, 0.1) is 0 Å². The van der Waals surface area contributed by atoms with Crippen molar-refractivity contribution < 1.29 is 14.3 Å². The van der Waals surface area contributed by atoms with Crippen molar-refractivity contribution >= 4 is 17.6 Å². The Labute approximate surface area is 177 Å². The first-order chi connectivity index (χ1) is 14.6. The van der Waals surface area contributed by atoms with E-state index >= 15 is 0 Å². The summed E-state index contributed by atoms with van der Waals surface area (Å²) in [5.41, 5.74) is 2.96. The number of carbonyl (C=O) groups is 2. The van der Waals surface area contributed by atoms with Gasteiger partial charge in [0.2, 0.25) is 5.91 Å². The Balaban J connectivity index is 1.33. The van der Waals surface area contributed by atoms with E-state index in [1.165, 1.54) is 5.56 Å². The van der Waals surface area contributed by atoms with Gasteiger partial charge in [-0.15, -0.1) is 0 Å². The third-order valence-electron chi connectivity index (χ3n) is 6.18. The van der Waals surface area contributed by atoms with Gasteiger partial charge in [0.15, 0.2) is 0 Å². The zero-order valence-corrected chi connectivity index (χ0v) is 17.2. The van der Waals surface area contributed by atoms with Gasteiger partial charge in [0, 0.05) is 50.4 Å². The Morgan fingerprint density at radius 3 is 2.43 bits per heavy atom. The van der Waals surface area contributed by atoms with E-state index in [4.69, 9.17) is 4.74 Å². The summed E-state index contributed by atoms with van der Waals surface area (Å²) < 4.78 is 5.56. The molecule has 0 aliphatic carbocycles. The SMILES string of the molecule is O=C(NCC1(c2ccccc2)CCOCC1)Nc1ccc(CN2CCCC2=O)cc1. The molecule has 0 radical (unpaired) electrons. The molecule has 0 saturated carbocycles. The second-order valence-electron chi connectivity index (χ2n) is 8.18. The van der Waals surface area contributed by atoms with Gasteiger partial charge in [-0.2, -0.15) is 0 Å². The first kappa shape index (κ1) is 20.4. The van der Waals surface area contributed by atoms with Gasteiger partial charge in [0.1, 0.15) is 0 Å². The van der Waals surface area contributed by atoms with E-state index < -0.39 is 0 Å². The van der Waals surface area contributed by atoms with E-state index in [2.05, 4.69) is 22.8 Å². The summed E-state index contributed by atoms with van der Waals surface area (Å²) in [6.07, 6.45) is 3.37. The standard InChI is InChI=1S/C24H29N3O3/c28-22-7-4-14-27(22)17-19-8-10-21(11-9-19)26-23(29)25-18-24(12-15-30-16-13-24)20-5-2-1-3-6-20/h1-3,5-6,8-11H,4,7,12-18H2,(H2,25,26,29). The lowest BCUT2D eigenvalue weighted by Gasteiger charge is -2.38. The average molecular weight is 408 g/mol. The van der Waals surface area contributed by atoms with Crippen LogP contribution in [0.2, 0.25) is 0 Å². The summed E-state index contributed by atoms with van der Waals surface area (Å²) in [7, 11) is 0. The number of hydrogen-bond donors (Lipinski definition) is 2. The summed E-state index contributed by atoms with van der Waals surface area (Å²) in [4.78, 5) is 26.2. The van der Waals surface area contributed by atoms with E-state index in [0.717, 1.165) is 37.1 Å². The van der Waals surface area contributed by atoms with Crippen molar-refractivity contribution in [1.82, 2.24) is 10.2 Å². The summed E-state index contributed by atoms with van der Waals surface area (Å²) in [6.45, 7) is 3.45. The maximum Gasteiger partial charge on any atom is 0.319 e. The predicted molar refractivity (Wildman–Crippen MR) is 116 cm³/mol. The molecule has 0 unspecified atom stereocenters. The molecule has 2 aliphatic heterocycles. The van der Waals surface area contributed by atoms with Crippen molar-refractivity contribution in [2.24, 2.45) is 0 Å². The lowest BCUT2D eigenvalue weighted by atomic mass is 9.74. The van der Waals surface area contributed by atoms with Crippen LogP contribution < -0.4 is 10.6 Å². The van der Waals surface area contributed by atoms with Crippen LogP contribution in [0.1, 0.15) is 36.8 Å². The van der Waals surface area contributed by atoms with Gasteiger partial charge in [-0.3, -0.25) is 4.79 Å². The maximum atomic E-state index is 12.5. The molecule has 2 aliphatic rings. The van der Waals surface area contributed by atoms with Crippen LogP contribution in [0.15, 0.2) is 54.6 Å². The number of urea groups is 1. The van der Waals surface area contributed by atoms with E-state index in [-0.39, 0.29) is 17.4 Å². The largest absolute Gasteiger partial charge is 0.381 e. The summed E-state index contributed by atoms with van der Waals surface area (Å²) in [6, 6.07) is 17.9. The van der Waals surface area contributed by atoms with Gasteiger partial charge < -0.3 is 20.3 Å². The van der Waals surface area contributed by atoms with Crippen molar-refractivity contribution in [2.75, 3.05) is 31.6 Å². The molecule has 2 fully saturated rings. The van der Waals surface area contributed by atoms with E-state index in [1.807, 2.05) is 47.4 Å². The number of rotatable bonds is 6. The first-order valence-corrected chi connectivity index (χ1v) is 10.7. The molecule has 2 heterocycles. The minimum atomic E-state index is -0.209. The predicted octanol–water partition coefficient (Wildman–Crippen LogP) is 3.68. The smallest absolute Gasteiger partial charge is 0.319 e. The monoisotopic (exact) mass is 407 g/mol. The van der Waals surface area contributed by atoms with Crippen LogP contribution in [0.5, 0.6) is 0 Å². The van der Waals surface area contributed by atoms with Gasteiger partial charge in [-0.05, 0) is 42.5 Å². The van der Waals surface area contributed by atoms with Gasteiger partial charge >= 0.3 is 6.03 Å². The van der Waals surface area contributed by atoms with Crippen LogP contribution >= 0.6 is 0 Å². The highest BCUT2D eigenvalue weighted by Gasteiger charge is 2.34. The highest BCUT2D eigenvalue weighted by Crippen LogP contribution is 2.34. The number of hydrogen-bond acceptors (Lipinski definition) is 3. The highest BCUT2D eigenvalue weighted by atomic mass is 16.5. The molecule has 0 aromatic heterocycles. The molecule has 3 amide bonds. The number of likely N-dealkylation sites (tertiary alicyclic amines) is 1. The lowest BCUT2D eigenvalue weighted by Crippen LogP contribution is -2.45. The Morgan fingerprint density at radius 2 is 1.77 bits per heavy atom. The van der Waals surface area contributed by atoms with Crippen LogP contribution in [0.4, 0.5) is 10.5 Å². The highest BCUT2D eigenvalue weighted by molar-refractivity contribution is 5.89. The summed E-state index contributed by atoms with van der Waals surface area (Å²) in [5, 5.41) is 5.98. The Morgan fingerprint density at radius 1 is 1.03 bits per heavy atom. The maximum absolute atomic E-state index is 12.5. The Bertz CT molecular complexity index is 861. The molecule has 2 aromatic rings. The van der Waals surface area contributed by atoms with Gasteiger partial charge in [-0.25, -0.2) is 4.79 Å². The number of ether oxygens (including phenoxy) is 1. The molecule has 2 aromatic carbocycles. The fraction of sp³-hybridized carbons (Fsp3) is 0.417. The van der Waals surface area contributed by atoms with Crippen molar-refractivity contribution in [2.45, 2.75) is 37.6 Å². The lowest BCUT2D eigenvalue weighted by molar-refractivity contribution is -0.128. The van der Waals surface area contributed by atoms with Gasteiger partial charge in [-0.1, -0.05) is 42.5 Å². The van der Waals surface area contributed by atoms with E-state index in [9.17, 15) is 9.59 Å². The van der Waals surface area contributed by atoms with Crippen LogP contribution in [-0.2, 0) is 21.5 Å². The second kappa shape index (κ2) is 9.30. The van der Waals surface area contributed by atoms with Crippen LogP contribution in [-0.4, -0.2) is 43.1 Å². The third kappa shape index (κ3) is 4.82. The normalized spacial score (nSPS) is 18.3. The summed E-state index contributed by atoms with van der Waals surface area (Å²) in [5.74, 6) is 0.219. The number of carbonyl (C=O) groups excluding carboxylic acids is 2. The van der Waals surface area contributed by atoms with Crippen molar-refractivity contribution in [3.8, 4) is 0 Å². The number of amides is 3.